The van der Waals surface area contributed by atoms with Crippen LogP contribution in [-0.2, 0) is 16.4 Å². The number of aromatic carboxylic acids is 1. The van der Waals surface area contributed by atoms with Gasteiger partial charge in [-0.1, -0.05) is 25.1 Å². The second kappa shape index (κ2) is 6.10. The van der Waals surface area contributed by atoms with Gasteiger partial charge in [-0.25, -0.2) is 13.2 Å². The number of para-hydroxylation sites is 1. The van der Waals surface area contributed by atoms with Crippen molar-refractivity contribution in [2.75, 3.05) is 4.72 Å². The summed E-state index contributed by atoms with van der Waals surface area (Å²) in [5, 5.41) is 9.06. The fraction of sp³-hybridized carbons (Fsp3) is 0.267. The molecule has 0 radical (unpaired) electrons. The second-order valence-corrected chi connectivity index (χ2v) is 7.91. The highest BCUT2D eigenvalue weighted by atomic mass is 32.2. The zero-order valence-corrected chi connectivity index (χ0v) is 14.1. The van der Waals surface area contributed by atoms with E-state index in [1.54, 1.807) is 6.92 Å². The summed E-state index contributed by atoms with van der Waals surface area (Å²) in [6.45, 7) is 5.37. The Kier molecular flexibility index (Phi) is 4.58. The summed E-state index contributed by atoms with van der Waals surface area (Å²) in [5.74, 6) is -1.12. The van der Waals surface area contributed by atoms with Gasteiger partial charge in [0.15, 0.2) is 0 Å². The number of nitrogens with one attached hydrogen (secondary N) is 1. The lowest BCUT2D eigenvalue weighted by Crippen LogP contribution is -2.14. The minimum absolute atomic E-state index is 0.00714. The Labute approximate surface area is 133 Å². The molecular weight excluding hydrogens is 322 g/mol. The molecule has 0 aliphatic carbocycles. The first-order valence-corrected chi connectivity index (χ1v) is 9.01. The van der Waals surface area contributed by atoms with E-state index in [9.17, 15) is 13.2 Å². The number of sulfonamides is 1. The molecule has 0 saturated carbocycles. The zero-order valence-electron chi connectivity index (χ0n) is 12.5. The molecule has 0 bridgehead atoms. The highest BCUT2D eigenvalue weighted by Gasteiger charge is 2.23. The molecule has 1 aromatic carbocycles. The van der Waals surface area contributed by atoms with E-state index in [-0.39, 0.29) is 9.09 Å². The van der Waals surface area contributed by atoms with E-state index >= 15 is 0 Å². The lowest BCUT2D eigenvalue weighted by atomic mass is 10.1. The van der Waals surface area contributed by atoms with Gasteiger partial charge in [-0.3, -0.25) is 4.72 Å². The number of carbonyl (C=O) groups is 1. The summed E-state index contributed by atoms with van der Waals surface area (Å²) in [6.07, 6.45) is 0.698. The number of carboxylic acid groups (broad SMARTS) is 1. The molecule has 0 unspecified atom stereocenters. The molecule has 0 atom stereocenters. The first-order valence-electron chi connectivity index (χ1n) is 6.71. The van der Waals surface area contributed by atoms with E-state index in [1.807, 2.05) is 32.0 Å². The van der Waals surface area contributed by atoms with Gasteiger partial charge >= 0.3 is 5.97 Å². The van der Waals surface area contributed by atoms with Crippen molar-refractivity contribution in [1.82, 2.24) is 0 Å². The van der Waals surface area contributed by atoms with Crippen LogP contribution in [0.15, 0.2) is 28.5 Å². The largest absolute Gasteiger partial charge is 0.477 e. The molecule has 0 saturated heterocycles. The Bertz CT molecular complexity index is 822. The number of rotatable bonds is 5. The van der Waals surface area contributed by atoms with Gasteiger partial charge in [0, 0.05) is 0 Å². The van der Waals surface area contributed by atoms with Crippen LogP contribution in [0.2, 0.25) is 0 Å². The summed E-state index contributed by atoms with van der Waals surface area (Å²) in [7, 11) is -3.80. The normalized spacial score (nSPS) is 11.4. The van der Waals surface area contributed by atoms with Crippen molar-refractivity contribution in [3.8, 4) is 0 Å². The smallest absolute Gasteiger partial charge is 0.346 e. The quantitative estimate of drug-likeness (QED) is 0.874. The van der Waals surface area contributed by atoms with E-state index < -0.39 is 16.0 Å². The summed E-state index contributed by atoms with van der Waals surface area (Å²) in [5.41, 5.74) is 2.73. The van der Waals surface area contributed by atoms with Crippen molar-refractivity contribution in [1.29, 1.82) is 0 Å². The average molecular weight is 339 g/mol. The lowest BCUT2D eigenvalue weighted by molar-refractivity contribution is 0.0701. The van der Waals surface area contributed by atoms with Gasteiger partial charge in [-0.15, -0.1) is 11.3 Å². The maximum absolute atomic E-state index is 12.5. The third kappa shape index (κ3) is 3.15. The number of carboxylic acids is 1. The van der Waals surface area contributed by atoms with Crippen molar-refractivity contribution in [3.63, 3.8) is 0 Å². The molecule has 2 aromatic rings. The Hall–Kier alpha value is -1.86. The highest BCUT2D eigenvalue weighted by molar-refractivity contribution is 7.94. The summed E-state index contributed by atoms with van der Waals surface area (Å²) >= 11 is 0.763. The molecule has 7 heteroatoms. The highest BCUT2D eigenvalue weighted by Crippen LogP contribution is 2.30. The van der Waals surface area contributed by atoms with Crippen LogP contribution in [0.1, 0.15) is 33.3 Å². The van der Waals surface area contributed by atoms with Crippen LogP contribution in [0.4, 0.5) is 5.69 Å². The minimum Gasteiger partial charge on any atom is -0.477 e. The van der Waals surface area contributed by atoms with Crippen LogP contribution in [-0.4, -0.2) is 19.5 Å². The lowest BCUT2D eigenvalue weighted by Gasteiger charge is -2.13. The molecular formula is C15H17NO4S2. The Balaban J connectivity index is 2.45. The number of hydrogen-bond donors (Lipinski definition) is 2. The molecule has 22 heavy (non-hydrogen) atoms. The third-order valence-electron chi connectivity index (χ3n) is 3.33. The van der Waals surface area contributed by atoms with Gasteiger partial charge < -0.3 is 5.11 Å². The van der Waals surface area contributed by atoms with Gasteiger partial charge in [0.25, 0.3) is 10.0 Å². The number of aryl methyl sites for hydroxylation is 3. The fourth-order valence-electron chi connectivity index (χ4n) is 2.15. The van der Waals surface area contributed by atoms with Gasteiger partial charge in [0.05, 0.1) is 5.69 Å². The van der Waals surface area contributed by atoms with Crippen LogP contribution in [0.5, 0.6) is 0 Å². The molecule has 0 aliphatic rings. The van der Waals surface area contributed by atoms with Gasteiger partial charge in [0.1, 0.15) is 9.09 Å². The van der Waals surface area contributed by atoms with Crippen LogP contribution >= 0.6 is 11.3 Å². The van der Waals surface area contributed by atoms with Gasteiger partial charge in [-0.05, 0) is 43.0 Å². The summed E-state index contributed by atoms with van der Waals surface area (Å²) < 4.78 is 27.6. The maximum atomic E-state index is 12.5. The average Bonchev–Trinajstić information content (AvgIpc) is 2.84. The predicted octanol–water partition coefficient (Wildman–Crippen LogP) is 3.43. The van der Waals surface area contributed by atoms with E-state index in [0.29, 0.717) is 17.7 Å². The molecule has 0 amide bonds. The van der Waals surface area contributed by atoms with Crippen molar-refractivity contribution >= 4 is 33.0 Å². The van der Waals surface area contributed by atoms with E-state index in [1.165, 1.54) is 6.07 Å². The number of thiophene rings is 1. The molecule has 1 aromatic heterocycles. The van der Waals surface area contributed by atoms with Crippen LogP contribution in [0.25, 0.3) is 0 Å². The molecule has 0 spiro atoms. The van der Waals surface area contributed by atoms with Crippen molar-refractivity contribution in [2.45, 2.75) is 31.4 Å². The molecule has 2 rings (SSSR count). The summed E-state index contributed by atoms with van der Waals surface area (Å²) in [4.78, 5) is 11.1. The molecule has 1 heterocycles. The first kappa shape index (κ1) is 16.5. The zero-order chi connectivity index (χ0) is 16.5. The third-order valence-corrected chi connectivity index (χ3v) is 6.38. The SMILES string of the molecule is CCc1cccc(C)c1NS(=O)(=O)c1cc(C)c(C(=O)O)s1. The van der Waals surface area contributed by atoms with Crippen LogP contribution in [0.3, 0.4) is 0 Å². The minimum atomic E-state index is -3.80. The molecule has 0 aliphatic heterocycles. The standard InChI is InChI=1S/C15H17NO4S2/c1-4-11-7-5-6-9(2)13(11)16-22(19,20)12-8-10(3)14(21-12)15(17)18/h5-8,16H,4H2,1-3H3,(H,17,18). The predicted molar refractivity (Wildman–Crippen MR) is 87.4 cm³/mol. The van der Waals surface area contributed by atoms with Gasteiger partial charge in [-0.2, -0.15) is 0 Å². The van der Waals surface area contributed by atoms with Crippen molar-refractivity contribution in [3.05, 3.63) is 45.8 Å². The molecule has 0 fully saturated rings. The molecule has 2 N–H and O–H groups in total. The van der Waals surface area contributed by atoms with Crippen LogP contribution in [0, 0.1) is 13.8 Å². The van der Waals surface area contributed by atoms with E-state index in [0.717, 1.165) is 22.5 Å². The maximum Gasteiger partial charge on any atom is 0.346 e. The number of anilines is 1. The Morgan fingerprint density at radius 3 is 2.50 bits per heavy atom. The fourth-order valence-corrected chi connectivity index (χ4v) is 4.70. The van der Waals surface area contributed by atoms with E-state index in [2.05, 4.69) is 4.72 Å². The van der Waals surface area contributed by atoms with Crippen molar-refractivity contribution in [2.24, 2.45) is 0 Å². The Morgan fingerprint density at radius 1 is 1.27 bits per heavy atom. The number of benzene rings is 1. The topological polar surface area (TPSA) is 83.5 Å². The molecule has 118 valence electrons. The van der Waals surface area contributed by atoms with Gasteiger partial charge in [0.2, 0.25) is 0 Å². The number of hydrogen-bond acceptors (Lipinski definition) is 4. The van der Waals surface area contributed by atoms with Crippen molar-refractivity contribution < 1.29 is 18.3 Å². The molecule has 5 nitrogen and oxygen atoms in total. The second-order valence-electron chi connectivity index (χ2n) is 4.95. The monoisotopic (exact) mass is 339 g/mol. The van der Waals surface area contributed by atoms with Crippen LogP contribution < -0.4 is 4.72 Å². The summed E-state index contributed by atoms with van der Waals surface area (Å²) in [6, 6.07) is 6.97. The van der Waals surface area contributed by atoms with E-state index in [4.69, 9.17) is 5.11 Å². The Morgan fingerprint density at radius 2 is 1.95 bits per heavy atom. The first-order chi connectivity index (χ1) is 10.3.